The zero-order valence-electron chi connectivity index (χ0n) is 7.92. The van der Waals surface area contributed by atoms with Gasteiger partial charge in [-0.25, -0.2) is 4.98 Å². The van der Waals surface area contributed by atoms with Gasteiger partial charge in [-0.2, -0.15) is 0 Å². The number of hydrogen-bond donors (Lipinski definition) is 2. The third-order valence-electron chi connectivity index (χ3n) is 2.74. The fourth-order valence-corrected chi connectivity index (χ4v) is 1.94. The van der Waals surface area contributed by atoms with Crippen LogP contribution in [0.4, 0.5) is 0 Å². The molecule has 0 aromatic carbocycles. The smallest absolute Gasteiger partial charge is 0.0922 e. The Kier molecular flexibility index (Phi) is 2.98. The van der Waals surface area contributed by atoms with Crippen molar-refractivity contribution >= 4 is 0 Å². The van der Waals surface area contributed by atoms with Gasteiger partial charge in [-0.1, -0.05) is 19.3 Å². The van der Waals surface area contributed by atoms with E-state index in [0.29, 0.717) is 0 Å². The first-order chi connectivity index (χ1) is 6.45. The normalized spacial score (nSPS) is 19.1. The summed E-state index contributed by atoms with van der Waals surface area (Å²) >= 11 is 0. The molecule has 0 bridgehead atoms. The van der Waals surface area contributed by atoms with Gasteiger partial charge in [0.05, 0.1) is 6.33 Å². The van der Waals surface area contributed by atoms with Crippen molar-refractivity contribution < 1.29 is 0 Å². The summed E-state index contributed by atoms with van der Waals surface area (Å²) in [5.74, 6) is 0. The lowest BCUT2D eigenvalue weighted by atomic mass is 9.95. The summed E-state index contributed by atoms with van der Waals surface area (Å²) in [6, 6.07) is 0.733. The van der Waals surface area contributed by atoms with Crippen LogP contribution in [0.1, 0.15) is 37.8 Å². The summed E-state index contributed by atoms with van der Waals surface area (Å²) in [5, 5.41) is 3.55. The fourth-order valence-electron chi connectivity index (χ4n) is 1.94. The third-order valence-corrected chi connectivity index (χ3v) is 2.74. The number of nitrogens with one attached hydrogen (secondary N) is 2. The Hall–Kier alpha value is -0.830. The molecule has 72 valence electrons. The van der Waals surface area contributed by atoms with Gasteiger partial charge in [-0.3, -0.25) is 0 Å². The lowest BCUT2D eigenvalue weighted by Crippen LogP contribution is -2.30. The van der Waals surface area contributed by atoms with E-state index in [1.807, 2.05) is 6.20 Å². The Morgan fingerprint density at radius 3 is 2.92 bits per heavy atom. The highest BCUT2D eigenvalue weighted by molar-refractivity contribution is 4.93. The molecule has 1 saturated carbocycles. The predicted molar refractivity (Wildman–Crippen MR) is 52.3 cm³/mol. The third kappa shape index (κ3) is 2.56. The summed E-state index contributed by atoms with van der Waals surface area (Å²) in [6.07, 6.45) is 10.5. The number of H-pyrrole nitrogens is 1. The van der Waals surface area contributed by atoms with E-state index in [1.165, 1.54) is 37.8 Å². The van der Waals surface area contributed by atoms with Crippen molar-refractivity contribution in [2.75, 3.05) is 0 Å². The van der Waals surface area contributed by atoms with Gasteiger partial charge in [-0.15, -0.1) is 0 Å². The molecule has 0 spiro atoms. The van der Waals surface area contributed by atoms with Gasteiger partial charge in [0.2, 0.25) is 0 Å². The highest BCUT2D eigenvalue weighted by Gasteiger charge is 2.12. The molecule has 0 unspecified atom stereocenters. The lowest BCUT2D eigenvalue weighted by Gasteiger charge is -2.22. The van der Waals surface area contributed by atoms with Crippen LogP contribution in [0.3, 0.4) is 0 Å². The predicted octanol–water partition coefficient (Wildman–Crippen LogP) is 1.83. The van der Waals surface area contributed by atoms with Crippen LogP contribution in [0.15, 0.2) is 12.5 Å². The Morgan fingerprint density at radius 1 is 1.38 bits per heavy atom. The van der Waals surface area contributed by atoms with Crippen molar-refractivity contribution in [2.24, 2.45) is 0 Å². The van der Waals surface area contributed by atoms with Gasteiger partial charge in [0, 0.05) is 24.5 Å². The Balaban J connectivity index is 1.72. The first kappa shape index (κ1) is 8.75. The largest absolute Gasteiger partial charge is 0.347 e. The Labute approximate surface area is 79.0 Å². The summed E-state index contributed by atoms with van der Waals surface area (Å²) in [6.45, 7) is 0.935. The molecule has 2 N–H and O–H groups in total. The minimum atomic E-state index is 0.733. The van der Waals surface area contributed by atoms with E-state index in [-0.39, 0.29) is 0 Å². The summed E-state index contributed by atoms with van der Waals surface area (Å²) in [7, 11) is 0. The van der Waals surface area contributed by atoms with Crippen molar-refractivity contribution in [3.8, 4) is 0 Å². The maximum absolute atomic E-state index is 3.99. The second-order valence-corrected chi connectivity index (χ2v) is 3.79. The standard InChI is InChI=1S/C10H17N3/c1-2-4-9(5-3-1)12-7-10-6-11-8-13-10/h6,8-9,12H,1-5,7H2,(H,11,13). The molecule has 1 heterocycles. The number of aromatic amines is 1. The molecular weight excluding hydrogens is 162 g/mol. The number of rotatable bonds is 3. The molecular formula is C10H17N3. The van der Waals surface area contributed by atoms with Gasteiger partial charge >= 0.3 is 0 Å². The number of nitrogens with zero attached hydrogens (tertiary/aromatic N) is 1. The van der Waals surface area contributed by atoms with Crippen LogP contribution < -0.4 is 5.32 Å². The molecule has 0 aliphatic heterocycles. The molecule has 1 aliphatic carbocycles. The zero-order valence-corrected chi connectivity index (χ0v) is 7.92. The Morgan fingerprint density at radius 2 is 2.23 bits per heavy atom. The van der Waals surface area contributed by atoms with Gasteiger partial charge in [0.1, 0.15) is 0 Å². The molecule has 0 saturated heterocycles. The summed E-state index contributed by atoms with van der Waals surface area (Å²) < 4.78 is 0. The minimum Gasteiger partial charge on any atom is -0.347 e. The van der Waals surface area contributed by atoms with Gasteiger partial charge in [0.15, 0.2) is 0 Å². The molecule has 1 aromatic rings. The maximum atomic E-state index is 3.99. The average Bonchev–Trinajstić information content (AvgIpc) is 2.69. The zero-order chi connectivity index (χ0) is 8.93. The van der Waals surface area contributed by atoms with Crippen molar-refractivity contribution in [1.82, 2.24) is 15.3 Å². The van der Waals surface area contributed by atoms with E-state index in [4.69, 9.17) is 0 Å². The average molecular weight is 179 g/mol. The minimum absolute atomic E-state index is 0.733. The number of hydrogen-bond acceptors (Lipinski definition) is 2. The number of aromatic nitrogens is 2. The first-order valence-corrected chi connectivity index (χ1v) is 5.16. The van der Waals surface area contributed by atoms with Gasteiger partial charge in [-0.05, 0) is 12.8 Å². The van der Waals surface area contributed by atoms with Crippen LogP contribution in [0.2, 0.25) is 0 Å². The lowest BCUT2D eigenvalue weighted by molar-refractivity contribution is 0.371. The molecule has 3 heteroatoms. The molecule has 1 fully saturated rings. The topological polar surface area (TPSA) is 40.7 Å². The fraction of sp³-hybridized carbons (Fsp3) is 0.700. The van der Waals surface area contributed by atoms with E-state index in [9.17, 15) is 0 Å². The van der Waals surface area contributed by atoms with Crippen LogP contribution in [0.5, 0.6) is 0 Å². The van der Waals surface area contributed by atoms with Crippen LogP contribution >= 0.6 is 0 Å². The van der Waals surface area contributed by atoms with Crippen molar-refractivity contribution in [3.63, 3.8) is 0 Å². The van der Waals surface area contributed by atoms with E-state index >= 15 is 0 Å². The molecule has 2 rings (SSSR count). The SMILES string of the molecule is c1ncc(CNC2CCCCC2)[nH]1. The molecule has 3 nitrogen and oxygen atoms in total. The molecule has 0 radical (unpaired) electrons. The van der Waals surface area contributed by atoms with Crippen LogP contribution in [-0.2, 0) is 6.54 Å². The van der Waals surface area contributed by atoms with Gasteiger partial charge < -0.3 is 10.3 Å². The quantitative estimate of drug-likeness (QED) is 0.743. The Bertz CT molecular complexity index is 224. The van der Waals surface area contributed by atoms with E-state index in [0.717, 1.165) is 12.6 Å². The van der Waals surface area contributed by atoms with E-state index < -0.39 is 0 Å². The molecule has 1 aliphatic rings. The molecule has 1 aromatic heterocycles. The van der Waals surface area contributed by atoms with E-state index in [2.05, 4.69) is 15.3 Å². The molecule has 13 heavy (non-hydrogen) atoms. The number of imidazole rings is 1. The van der Waals surface area contributed by atoms with E-state index in [1.54, 1.807) is 6.33 Å². The van der Waals surface area contributed by atoms with Crippen molar-refractivity contribution in [2.45, 2.75) is 44.7 Å². The first-order valence-electron chi connectivity index (χ1n) is 5.16. The van der Waals surface area contributed by atoms with Crippen LogP contribution in [-0.4, -0.2) is 16.0 Å². The maximum Gasteiger partial charge on any atom is 0.0922 e. The van der Waals surface area contributed by atoms with Crippen LogP contribution in [0.25, 0.3) is 0 Å². The second-order valence-electron chi connectivity index (χ2n) is 3.79. The molecule has 0 atom stereocenters. The second kappa shape index (κ2) is 4.42. The van der Waals surface area contributed by atoms with Crippen molar-refractivity contribution in [3.05, 3.63) is 18.2 Å². The van der Waals surface area contributed by atoms with Crippen LogP contribution in [0, 0.1) is 0 Å². The van der Waals surface area contributed by atoms with Gasteiger partial charge in [0.25, 0.3) is 0 Å². The monoisotopic (exact) mass is 179 g/mol. The highest BCUT2D eigenvalue weighted by Crippen LogP contribution is 2.17. The summed E-state index contributed by atoms with van der Waals surface area (Å²) in [5.41, 5.74) is 1.19. The highest BCUT2D eigenvalue weighted by atomic mass is 15.0. The summed E-state index contributed by atoms with van der Waals surface area (Å²) in [4.78, 5) is 7.09. The van der Waals surface area contributed by atoms with Crippen molar-refractivity contribution in [1.29, 1.82) is 0 Å². The molecule has 0 amide bonds.